The number of imidazole rings is 1. The highest BCUT2D eigenvalue weighted by molar-refractivity contribution is 7.80. The van der Waals surface area contributed by atoms with Crippen molar-refractivity contribution in [2.45, 2.75) is 6.42 Å². The van der Waals surface area contributed by atoms with E-state index >= 15 is 0 Å². The molecule has 0 saturated heterocycles. The Labute approximate surface area is 119 Å². The summed E-state index contributed by atoms with van der Waals surface area (Å²) in [7, 11) is 1.66. The summed E-state index contributed by atoms with van der Waals surface area (Å²) in [5.74, 6) is 0.847. The van der Waals surface area contributed by atoms with Gasteiger partial charge in [0.25, 0.3) is 0 Å². The number of ether oxygens (including phenoxy) is 1. The first-order valence-corrected chi connectivity index (χ1v) is 6.93. The van der Waals surface area contributed by atoms with Gasteiger partial charge in [-0.15, -0.1) is 11.3 Å². The van der Waals surface area contributed by atoms with Crippen LogP contribution in [0, 0.1) is 0 Å². The minimum Gasteiger partial charge on any atom is -0.497 e. The van der Waals surface area contributed by atoms with E-state index in [1.807, 2.05) is 29.0 Å². The number of fused-ring (bicyclic) bond motifs is 1. The van der Waals surface area contributed by atoms with Crippen molar-refractivity contribution in [2.24, 2.45) is 0 Å². The summed E-state index contributed by atoms with van der Waals surface area (Å²) in [5, 5.41) is 1.00. The maximum Gasteiger partial charge on any atom is 0.120 e. The SMILES string of the molecule is COc1ccc2nc(CC(=S)n3ccnc3)sc2c1. The summed E-state index contributed by atoms with van der Waals surface area (Å²) in [6, 6.07) is 5.88. The van der Waals surface area contributed by atoms with Crippen molar-refractivity contribution >= 4 is 38.8 Å². The fourth-order valence-electron chi connectivity index (χ4n) is 1.78. The lowest BCUT2D eigenvalue weighted by Gasteiger charge is -2.00. The van der Waals surface area contributed by atoms with E-state index in [1.165, 1.54) is 0 Å². The van der Waals surface area contributed by atoms with Crippen molar-refractivity contribution in [3.05, 3.63) is 41.9 Å². The fraction of sp³-hybridized carbons (Fsp3) is 0.154. The standard InChI is InChI=1S/C13H11N3OS2/c1-17-9-2-3-10-11(6-9)19-12(15-10)7-13(18)16-5-4-14-8-16/h2-6,8H,7H2,1H3. The maximum atomic E-state index is 5.37. The number of benzene rings is 1. The number of rotatable bonds is 3. The van der Waals surface area contributed by atoms with E-state index in [0.717, 1.165) is 26.0 Å². The fourth-order valence-corrected chi connectivity index (χ4v) is 3.12. The van der Waals surface area contributed by atoms with Crippen LogP contribution in [0.2, 0.25) is 0 Å². The Kier molecular flexibility index (Phi) is 3.27. The summed E-state index contributed by atoms with van der Waals surface area (Å²) >= 11 is 7.01. The predicted octanol–water partition coefficient (Wildman–Crippen LogP) is 2.92. The van der Waals surface area contributed by atoms with Gasteiger partial charge in [0, 0.05) is 12.4 Å². The highest BCUT2D eigenvalue weighted by Crippen LogP contribution is 2.26. The zero-order valence-electron chi connectivity index (χ0n) is 10.2. The third kappa shape index (κ3) is 2.50. The van der Waals surface area contributed by atoms with Crippen LogP contribution in [0.5, 0.6) is 5.75 Å². The molecule has 96 valence electrons. The summed E-state index contributed by atoms with van der Waals surface area (Å²) in [6.45, 7) is 0. The van der Waals surface area contributed by atoms with E-state index in [0.29, 0.717) is 6.42 Å². The van der Waals surface area contributed by atoms with Crippen LogP contribution in [0.1, 0.15) is 5.01 Å². The van der Waals surface area contributed by atoms with Gasteiger partial charge in [0.15, 0.2) is 0 Å². The number of hydrogen-bond donors (Lipinski definition) is 0. The molecule has 19 heavy (non-hydrogen) atoms. The van der Waals surface area contributed by atoms with E-state index < -0.39 is 0 Å². The third-order valence-corrected chi connectivity index (χ3v) is 4.11. The molecule has 0 amide bonds. The summed E-state index contributed by atoms with van der Waals surface area (Å²) in [6.07, 6.45) is 5.92. The molecule has 0 bridgehead atoms. The van der Waals surface area contributed by atoms with Crippen LogP contribution in [0.25, 0.3) is 10.2 Å². The topological polar surface area (TPSA) is 39.9 Å². The van der Waals surface area contributed by atoms with Gasteiger partial charge in [-0.05, 0) is 18.2 Å². The molecule has 0 unspecified atom stereocenters. The second-order valence-electron chi connectivity index (χ2n) is 3.98. The first-order chi connectivity index (χ1) is 9.26. The van der Waals surface area contributed by atoms with E-state index in [9.17, 15) is 0 Å². The molecule has 2 heterocycles. The number of hydrogen-bond acceptors (Lipinski definition) is 5. The van der Waals surface area contributed by atoms with Gasteiger partial charge in [-0.3, -0.25) is 4.57 Å². The molecule has 0 N–H and O–H groups in total. The zero-order chi connectivity index (χ0) is 13.2. The van der Waals surface area contributed by atoms with Crippen molar-refractivity contribution in [1.82, 2.24) is 14.5 Å². The van der Waals surface area contributed by atoms with E-state index in [4.69, 9.17) is 17.0 Å². The zero-order valence-corrected chi connectivity index (χ0v) is 11.9. The van der Waals surface area contributed by atoms with Gasteiger partial charge in [-0.1, -0.05) is 12.2 Å². The summed E-state index contributed by atoms with van der Waals surface area (Å²) in [5.41, 5.74) is 0.981. The van der Waals surface area contributed by atoms with Crippen molar-refractivity contribution in [3.63, 3.8) is 0 Å². The number of thiocarbonyl (C=S) groups is 1. The molecule has 2 aromatic heterocycles. The van der Waals surface area contributed by atoms with Gasteiger partial charge >= 0.3 is 0 Å². The van der Waals surface area contributed by atoms with Crippen LogP contribution in [0.4, 0.5) is 0 Å². The molecule has 6 heteroatoms. The van der Waals surface area contributed by atoms with Gasteiger partial charge in [0.2, 0.25) is 0 Å². The van der Waals surface area contributed by atoms with Gasteiger partial charge in [0.05, 0.1) is 35.1 Å². The molecule has 0 aliphatic heterocycles. The summed E-state index contributed by atoms with van der Waals surface area (Å²) < 4.78 is 8.16. The third-order valence-electron chi connectivity index (χ3n) is 2.73. The highest BCUT2D eigenvalue weighted by Gasteiger charge is 2.08. The Hall–Kier alpha value is -1.79. The van der Waals surface area contributed by atoms with Crippen LogP contribution in [0.15, 0.2) is 36.9 Å². The molecule has 1 aromatic carbocycles. The minimum atomic E-state index is 0.646. The van der Waals surface area contributed by atoms with Crippen LogP contribution >= 0.6 is 23.6 Å². The van der Waals surface area contributed by atoms with E-state index in [2.05, 4.69) is 9.97 Å². The Morgan fingerprint density at radius 1 is 1.47 bits per heavy atom. The number of methoxy groups -OCH3 is 1. The first-order valence-electron chi connectivity index (χ1n) is 5.71. The second-order valence-corrected chi connectivity index (χ2v) is 5.57. The molecule has 0 aliphatic rings. The largest absolute Gasteiger partial charge is 0.497 e. The van der Waals surface area contributed by atoms with Crippen LogP contribution in [-0.4, -0.2) is 26.6 Å². The molecule has 0 spiro atoms. The average Bonchev–Trinajstić information content (AvgIpc) is 3.06. The molecule has 3 rings (SSSR count). The minimum absolute atomic E-state index is 0.646. The first kappa shape index (κ1) is 12.3. The lowest BCUT2D eigenvalue weighted by Crippen LogP contribution is -2.09. The molecule has 3 aromatic rings. The quantitative estimate of drug-likeness (QED) is 0.695. The number of aromatic nitrogens is 3. The molecule has 0 radical (unpaired) electrons. The lowest BCUT2D eigenvalue weighted by atomic mass is 10.3. The van der Waals surface area contributed by atoms with Gasteiger partial charge < -0.3 is 4.74 Å². The van der Waals surface area contributed by atoms with E-state index in [1.54, 1.807) is 31.0 Å². The van der Waals surface area contributed by atoms with Crippen molar-refractivity contribution in [1.29, 1.82) is 0 Å². The molecular weight excluding hydrogens is 278 g/mol. The summed E-state index contributed by atoms with van der Waals surface area (Å²) in [4.78, 5) is 9.37. The molecule has 0 fully saturated rings. The van der Waals surface area contributed by atoms with Crippen molar-refractivity contribution < 1.29 is 4.74 Å². The van der Waals surface area contributed by atoms with Crippen molar-refractivity contribution in [2.75, 3.05) is 7.11 Å². The van der Waals surface area contributed by atoms with Crippen LogP contribution < -0.4 is 4.74 Å². The number of thiazole rings is 1. The number of nitrogens with zero attached hydrogens (tertiary/aromatic N) is 3. The monoisotopic (exact) mass is 289 g/mol. The average molecular weight is 289 g/mol. The molecule has 0 saturated carbocycles. The smallest absolute Gasteiger partial charge is 0.120 e. The molecular formula is C13H11N3OS2. The molecule has 0 aliphatic carbocycles. The normalized spacial score (nSPS) is 10.8. The Morgan fingerprint density at radius 2 is 2.37 bits per heavy atom. The van der Waals surface area contributed by atoms with E-state index in [-0.39, 0.29) is 0 Å². The van der Waals surface area contributed by atoms with Crippen molar-refractivity contribution in [3.8, 4) is 5.75 Å². The second kappa shape index (κ2) is 5.07. The van der Waals surface area contributed by atoms with Gasteiger partial charge in [-0.25, -0.2) is 9.97 Å². The lowest BCUT2D eigenvalue weighted by molar-refractivity contribution is 0.415. The van der Waals surface area contributed by atoms with Crippen LogP contribution in [0.3, 0.4) is 0 Å². The maximum absolute atomic E-state index is 5.37. The van der Waals surface area contributed by atoms with Gasteiger partial charge in [-0.2, -0.15) is 0 Å². The molecule has 0 atom stereocenters. The highest BCUT2D eigenvalue weighted by atomic mass is 32.1. The Morgan fingerprint density at radius 3 is 3.11 bits per heavy atom. The molecule has 4 nitrogen and oxygen atoms in total. The Balaban J connectivity index is 1.87. The van der Waals surface area contributed by atoms with Crippen LogP contribution in [-0.2, 0) is 6.42 Å². The predicted molar refractivity (Wildman–Crippen MR) is 80.1 cm³/mol. The Bertz CT molecular complexity index is 719. The van der Waals surface area contributed by atoms with Gasteiger partial charge in [0.1, 0.15) is 10.8 Å².